The number of amides is 1. The third-order valence-corrected chi connectivity index (χ3v) is 7.29. The van der Waals surface area contributed by atoms with Gasteiger partial charge in [-0.15, -0.1) is 0 Å². The third kappa shape index (κ3) is 4.01. The first kappa shape index (κ1) is 22.6. The maximum Gasteiger partial charge on any atom is 0.256 e. The molecule has 0 aliphatic carbocycles. The number of rotatable bonds is 4. The van der Waals surface area contributed by atoms with E-state index in [1.807, 2.05) is 0 Å². The summed E-state index contributed by atoms with van der Waals surface area (Å²) in [5.74, 6) is -1.10. The first-order valence-corrected chi connectivity index (χ1v) is 12.0. The molecule has 2 fully saturated rings. The highest BCUT2D eigenvalue weighted by Crippen LogP contribution is 2.38. The van der Waals surface area contributed by atoms with Crippen molar-refractivity contribution in [1.82, 2.24) is 15.4 Å². The number of carbonyl (C=O) groups is 1. The second kappa shape index (κ2) is 8.54. The number of carbonyl (C=O) groups excluding carboxylic acids is 1. The number of halogens is 3. The molecule has 2 aliphatic rings. The Hall–Kier alpha value is -2.20. The van der Waals surface area contributed by atoms with Crippen LogP contribution in [0.25, 0.3) is 11.0 Å². The van der Waals surface area contributed by atoms with Gasteiger partial charge in [0.1, 0.15) is 5.60 Å². The lowest BCUT2D eigenvalue weighted by Gasteiger charge is -2.51. The average molecular weight is 538 g/mol. The molecule has 5 rings (SSSR count). The molecular weight excluding hydrogens is 515 g/mol. The average Bonchev–Trinajstić information content (AvgIpc) is 3.16. The fourth-order valence-corrected chi connectivity index (χ4v) is 5.35. The van der Waals surface area contributed by atoms with Gasteiger partial charge in [0.05, 0.1) is 40.7 Å². The molecule has 3 N–H and O–H groups in total. The summed E-state index contributed by atoms with van der Waals surface area (Å²) in [5, 5.41) is 22.0. The molecule has 1 amide bonds. The van der Waals surface area contributed by atoms with E-state index < -0.39 is 11.4 Å². The molecule has 0 saturated carbocycles. The maximum absolute atomic E-state index is 15.5. The van der Waals surface area contributed by atoms with Crippen molar-refractivity contribution in [3.8, 4) is 0 Å². The number of hydrogen-bond donors (Lipinski definition) is 3. The summed E-state index contributed by atoms with van der Waals surface area (Å²) in [6.07, 6.45) is 3.00. The number of nitrogens with zero attached hydrogens (tertiary/aromatic N) is 2. The highest BCUT2D eigenvalue weighted by atomic mass is 79.9. The highest BCUT2D eigenvalue weighted by Gasteiger charge is 2.49. The number of fused-ring (bicyclic) bond motifs is 1. The summed E-state index contributed by atoms with van der Waals surface area (Å²) >= 11 is 9.67. The summed E-state index contributed by atoms with van der Waals surface area (Å²) in [6.45, 7) is 2.92. The third-order valence-electron chi connectivity index (χ3n) is 6.48. The van der Waals surface area contributed by atoms with Crippen LogP contribution in [0.1, 0.15) is 35.3 Å². The fourth-order valence-electron chi connectivity index (χ4n) is 4.63. The van der Waals surface area contributed by atoms with Crippen molar-refractivity contribution >= 4 is 55.8 Å². The van der Waals surface area contributed by atoms with Crippen molar-refractivity contribution in [3.05, 3.63) is 50.8 Å². The van der Waals surface area contributed by atoms with E-state index in [0.717, 1.165) is 30.3 Å². The van der Waals surface area contributed by atoms with E-state index >= 15 is 4.39 Å². The van der Waals surface area contributed by atoms with Crippen LogP contribution in [0.3, 0.4) is 0 Å². The number of aromatic nitrogens is 1. The monoisotopic (exact) mass is 536 g/mol. The lowest BCUT2D eigenvalue weighted by molar-refractivity contribution is -0.108. The van der Waals surface area contributed by atoms with E-state index in [-0.39, 0.29) is 41.9 Å². The lowest BCUT2D eigenvalue weighted by atomic mass is 9.81. The Morgan fingerprint density at radius 3 is 2.88 bits per heavy atom. The standard InChI is InChI=1S/C23H23BrClFN4O3/c1-12-14-9-15(22(31)30-10-23(32,11-30)18-4-2-3-7-27-18)20(19(26)21(14)33-29-12)28-17-6-5-13(24)8-16(17)25/h5-6,8-9,18,27-28,32H,2-4,7,10-11H2,1H3. The Morgan fingerprint density at radius 2 is 2.18 bits per heavy atom. The van der Waals surface area contributed by atoms with Crippen LogP contribution < -0.4 is 10.6 Å². The van der Waals surface area contributed by atoms with Gasteiger partial charge in [-0.2, -0.15) is 0 Å². The Bertz CT molecular complexity index is 1240. The largest absolute Gasteiger partial charge is 0.385 e. The van der Waals surface area contributed by atoms with Crippen molar-refractivity contribution in [2.45, 2.75) is 37.8 Å². The molecule has 33 heavy (non-hydrogen) atoms. The topological polar surface area (TPSA) is 90.6 Å². The van der Waals surface area contributed by atoms with E-state index in [4.69, 9.17) is 16.1 Å². The predicted octanol–water partition coefficient (Wildman–Crippen LogP) is 4.76. The van der Waals surface area contributed by atoms with Crippen molar-refractivity contribution in [1.29, 1.82) is 0 Å². The zero-order chi connectivity index (χ0) is 23.3. The zero-order valence-corrected chi connectivity index (χ0v) is 20.3. The molecule has 1 atom stereocenters. The maximum atomic E-state index is 15.5. The van der Waals surface area contributed by atoms with E-state index in [1.54, 1.807) is 31.2 Å². The molecule has 2 aliphatic heterocycles. The number of β-amino-alcohol motifs (C(OH)–C–C–N with tert-alkyl or cyclic N) is 1. The number of likely N-dealkylation sites (tertiary alicyclic amines) is 1. The normalized spacial score (nSPS) is 20.0. The molecule has 174 valence electrons. The molecule has 10 heteroatoms. The number of aryl methyl sites for hydroxylation is 1. The van der Waals surface area contributed by atoms with E-state index in [9.17, 15) is 9.90 Å². The van der Waals surface area contributed by atoms with Crippen LogP contribution in [0.4, 0.5) is 15.8 Å². The molecule has 3 heterocycles. The fraction of sp³-hybridized carbons (Fsp3) is 0.391. The first-order chi connectivity index (χ1) is 15.8. The molecule has 3 aromatic rings. The zero-order valence-electron chi connectivity index (χ0n) is 17.9. The molecule has 7 nitrogen and oxygen atoms in total. The molecule has 1 aromatic heterocycles. The highest BCUT2D eigenvalue weighted by molar-refractivity contribution is 9.10. The Labute approximate surface area is 203 Å². The molecular formula is C23H23BrClFN4O3. The van der Waals surface area contributed by atoms with Crippen LogP contribution in [0.5, 0.6) is 0 Å². The number of piperidine rings is 1. The van der Waals surface area contributed by atoms with Gasteiger partial charge in [-0.05, 0) is 50.6 Å². The Balaban J connectivity index is 1.49. The molecule has 0 bridgehead atoms. The van der Waals surface area contributed by atoms with Crippen LogP contribution in [0, 0.1) is 12.7 Å². The van der Waals surface area contributed by atoms with Gasteiger partial charge in [0.2, 0.25) is 5.58 Å². The predicted molar refractivity (Wildman–Crippen MR) is 128 cm³/mol. The molecule has 2 aromatic carbocycles. The summed E-state index contributed by atoms with van der Waals surface area (Å²) in [6, 6.07) is 6.66. The second-order valence-corrected chi connectivity index (χ2v) is 10.1. The summed E-state index contributed by atoms with van der Waals surface area (Å²) in [4.78, 5) is 15.0. The first-order valence-electron chi connectivity index (χ1n) is 10.8. The number of nitrogens with one attached hydrogen (secondary N) is 2. The van der Waals surface area contributed by atoms with Gasteiger partial charge < -0.3 is 25.2 Å². The summed E-state index contributed by atoms with van der Waals surface area (Å²) in [7, 11) is 0. The van der Waals surface area contributed by atoms with Gasteiger partial charge in [-0.3, -0.25) is 4.79 Å². The number of aliphatic hydroxyl groups is 1. The second-order valence-electron chi connectivity index (χ2n) is 8.77. The SMILES string of the molecule is Cc1noc2c(F)c(Nc3ccc(Br)cc3Cl)c(C(=O)N3CC(O)(C4CCCCN4)C3)cc12. The van der Waals surface area contributed by atoms with Gasteiger partial charge in [-0.1, -0.05) is 39.1 Å². The number of benzene rings is 2. The van der Waals surface area contributed by atoms with Crippen LogP contribution in [0.15, 0.2) is 33.3 Å². The smallest absolute Gasteiger partial charge is 0.256 e. The number of anilines is 2. The van der Waals surface area contributed by atoms with Crippen LogP contribution in [-0.2, 0) is 0 Å². The number of hydrogen-bond acceptors (Lipinski definition) is 6. The Morgan fingerprint density at radius 1 is 1.39 bits per heavy atom. The van der Waals surface area contributed by atoms with E-state index in [1.165, 1.54) is 4.90 Å². The minimum absolute atomic E-state index is 0.0358. The quantitative estimate of drug-likeness (QED) is 0.444. The van der Waals surface area contributed by atoms with Crippen LogP contribution >= 0.6 is 27.5 Å². The minimum Gasteiger partial charge on any atom is -0.385 e. The minimum atomic E-state index is -0.978. The van der Waals surface area contributed by atoms with Gasteiger partial charge in [0.25, 0.3) is 5.91 Å². The summed E-state index contributed by atoms with van der Waals surface area (Å²) < 4.78 is 21.5. The Kier molecular flexibility index (Phi) is 5.84. The van der Waals surface area contributed by atoms with E-state index in [2.05, 4.69) is 31.7 Å². The van der Waals surface area contributed by atoms with Crippen LogP contribution in [-0.4, -0.2) is 52.3 Å². The van der Waals surface area contributed by atoms with Crippen molar-refractivity contribution in [2.75, 3.05) is 25.0 Å². The van der Waals surface area contributed by atoms with Gasteiger partial charge >= 0.3 is 0 Å². The molecule has 1 unspecified atom stereocenters. The van der Waals surface area contributed by atoms with E-state index in [0.29, 0.717) is 21.8 Å². The van der Waals surface area contributed by atoms with Crippen molar-refractivity contribution in [3.63, 3.8) is 0 Å². The van der Waals surface area contributed by atoms with Gasteiger partial charge in [0.15, 0.2) is 5.82 Å². The molecule has 0 radical (unpaired) electrons. The lowest BCUT2D eigenvalue weighted by Crippen LogP contribution is -2.72. The summed E-state index contributed by atoms with van der Waals surface area (Å²) in [5.41, 5.74) is -0.00369. The molecule has 2 saturated heterocycles. The van der Waals surface area contributed by atoms with Gasteiger partial charge in [0, 0.05) is 15.9 Å². The molecule has 0 spiro atoms. The van der Waals surface area contributed by atoms with Crippen LogP contribution in [0.2, 0.25) is 5.02 Å². The van der Waals surface area contributed by atoms with Crippen molar-refractivity contribution in [2.24, 2.45) is 0 Å². The van der Waals surface area contributed by atoms with Crippen molar-refractivity contribution < 1.29 is 18.8 Å². The van der Waals surface area contributed by atoms with Gasteiger partial charge in [-0.25, -0.2) is 4.39 Å².